The van der Waals surface area contributed by atoms with Crippen LogP contribution in [0.25, 0.3) is 32.7 Å². The first kappa shape index (κ1) is 62.4. The fourth-order valence-electron chi connectivity index (χ4n) is 13.3. The van der Waals surface area contributed by atoms with Gasteiger partial charge in [0.05, 0.1) is 19.6 Å². The Morgan fingerprint density at radius 3 is 1.58 bits per heavy atom. The smallest absolute Gasteiger partial charge is 0.309 e. The summed E-state index contributed by atoms with van der Waals surface area (Å²) < 4.78 is 17.5. The van der Waals surface area contributed by atoms with Gasteiger partial charge in [-0.3, -0.25) is 14.4 Å². The third kappa shape index (κ3) is 17.1. The zero-order valence-corrected chi connectivity index (χ0v) is 51.4. The number of Topliss-reactive ketones (excluding diaryl/α,β-unsaturated/α-hetero) is 3. The minimum atomic E-state index is -0.0512. The van der Waals surface area contributed by atoms with Crippen LogP contribution in [-0.2, 0) is 46.8 Å². The van der Waals surface area contributed by atoms with Gasteiger partial charge in [0.2, 0.25) is 0 Å². The third-order valence-corrected chi connectivity index (χ3v) is 18.1. The molecule has 3 aliphatic heterocycles. The molecule has 85 heavy (non-hydrogen) atoms. The second-order valence-corrected chi connectivity index (χ2v) is 23.9. The number of aryl methyl sites for hydroxylation is 3. The average Bonchev–Trinajstić information content (AvgIpc) is 4.31. The number of fused-ring (bicyclic) bond motifs is 3. The molecule has 5 aromatic carbocycles. The van der Waals surface area contributed by atoms with Crippen molar-refractivity contribution in [2.24, 2.45) is 11.8 Å². The van der Waals surface area contributed by atoms with E-state index in [-0.39, 0.29) is 29.2 Å². The molecule has 6 heterocycles. The number of hydrogen-bond donors (Lipinski definition) is 0. The summed E-state index contributed by atoms with van der Waals surface area (Å²) in [6, 6.07) is 44.3. The number of likely N-dealkylation sites (tertiary alicyclic amines) is 3. The quantitative estimate of drug-likeness (QED) is 0.0351. The third-order valence-electron chi connectivity index (χ3n) is 18.1. The van der Waals surface area contributed by atoms with Crippen molar-refractivity contribution in [1.82, 2.24) is 28.4 Å². The molecule has 11 rings (SSSR count). The summed E-state index contributed by atoms with van der Waals surface area (Å²) in [6.45, 7) is 20.0. The predicted octanol–water partition coefficient (Wildman–Crippen LogP) is 14.1. The number of aromatic nitrogens is 3. The van der Waals surface area contributed by atoms with Crippen LogP contribution in [0.15, 0.2) is 146 Å². The van der Waals surface area contributed by atoms with Gasteiger partial charge in [-0.05, 0) is 203 Å². The second-order valence-electron chi connectivity index (χ2n) is 23.9. The number of rotatable bonds is 23. The molecule has 0 spiro atoms. The van der Waals surface area contributed by atoms with Gasteiger partial charge >= 0.3 is 5.97 Å². The molecule has 0 atom stereocenters. The molecule has 0 amide bonds. The number of esters is 1. The highest BCUT2D eigenvalue weighted by molar-refractivity contribution is 6.07. The summed E-state index contributed by atoms with van der Waals surface area (Å²) in [5.41, 5.74) is 9.35. The highest BCUT2D eigenvalue weighted by Gasteiger charge is 2.27. The Hall–Kier alpha value is -7.12. The van der Waals surface area contributed by atoms with E-state index >= 15 is 0 Å². The Balaban J connectivity index is 0.000000154. The number of carbonyl (C=O) groups is 4. The van der Waals surface area contributed by atoms with Crippen molar-refractivity contribution in [2.45, 2.75) is 130 Å². The topological polar surface area (TPSA) is 111 Å². The van der Waals surface area contributed by atoms with Crippen molar-refractivity contribution in [2.75, 3.05) is 72.6 Å². The van der Waals surface area contributed by atoms with Gasteiger partial charge < -0.3 is 42.7 Å². The number of hydrogen-bond acceptors (Lipinski definition) is 9. The lowest BCUT2D eigenvalue weighted by atomic mass is 9.89. The van der Waals surface area contributed by atoms with E-state index < -0.39 is 0 Å². The van der Waals surface area contributed by atoms with E-state index in [0.29, 0.717) is 18.9 Å². The number of piperidine rings is 3. The monoisotopic (exact) mass is 1150 g/mol. The van der Waals surface area contributed by atoms with Crippen LogP contribution in [0.2, 0.25) is 0 Å². The highest BCUT2D eigenvalue weighted by atomic mass is 16.5. The normalized spacial score (nSPS) is 15.8. The van der Waals surface area contributed by atoms with E-state index in [1.165, 1.54) is 91.3 Å². The summed E-state index contributed by atoms with van der Waals surface area (Å²) in [4.78, 5) is 54.7. The molecule has 450 valence electrons. The molecule has 3 fully saturated rings. The fraction of sp³-hybridized carbons (Fsp3) is 0.452. The molecule has 3 aliphatic rings. The van der Waals surface area contributed by atoms with Gasteiger partial charge in [-0.15, -0.1) is 0 Å². The predicted molar refractivity (Wildman–Crippen MR) is 345 cm³/mol. The molecule has 3 aromatic heterocycles. The minimum absolute atomic E-state index is 0.0490. The Morgan fingerprint density at radius 2 is 0.976 bits per heavy atom. The number of ketones is 3. The number of ether oxygens (including phenoxy) is 2. The van der Waals surface area contributed by atoms with Crippen molar-refractivity contribution in [3.63, 3.8) is 0 Å². The first-order valence-corrected chi connectivity index (χ1v) is 31.7. The molecule has 12 nitrogen and oxygen atoms in total. The molecular weight excluding hydrogens is 1060 g/mol. The highest BCUT2D eigenvalue weighted by Crippen LogP contribution is 2.34. The van der Waals surface area contributed by atoms with Gasteiger partial charge in [0.15, 0.2) is 11.6 Å². The minimum Gasteiger partial charge on any atom is -0.496 e. The van der Waals surface area contributed by atoms with Crippen molar-refractivity contribution >= 4 is 56.0 Å². The number of nitrogens with zero attached hydrogens (tertiary/aromatic N) is 6. The molecule has 12 heteroatoms. The van der Waals surface area contributed by atoms with Crippen molar-refractivity contribution in [3.05, 3.63) is 174 Å². The van der Waals surface area contributed by atoms with Crippen molar-refractivity contribution in [3.8, 4) is 5.75 Å². The molecule has 0 unspecified atom stereocenters. The van der Waals surface area contributed by atoms with Gasteiger partial charge in [0, 0.05) is 95.0 Å². The summed E-state index contributed by atoms with van der Waals surface area (Å²) >= 11 is 0. The Morgan fingerprint density at radius 1 is 0.494 bits per heavy atom. The maximum atomic E-state index is 11.9. The Bertz CT molecular complexity index is 3420. The van der Waals surface area contributed by atoms with Gasteiger partial charge in [-0.2, -0.15) is 0 Å². The molecule has 0 N–H and O–H groups in total. The fourth-order valence-corrected chi connectivity index (χ4v) is 13.3. The van der Waals surface area contributed by atoms with Gasteiger partial charge in [-0.1, -0.05) is 103 Å². The SMILES string of the molecule is CC(=O)c1cn(CCCCN2CCC(Cc3ccccc3)CC2)c2ccccc12.CCOC(=O)C1CCN(CCn2cc(C(C)=O)c3ccccc32)CC1.COc1ccccc1C1CCN(CCCn2cc(CCC(C)=O)c3ccccc32)CC1. The van der Waals surface area contributed by atoms with Gasteiger partial charge in [0.25, 0.3) is 0 Å². The van der Waals surface area contributed by atoms with Crippen LogP contribution in [0.3, 0.4) is 0 Å². The van der Waals surface area contributed by atoms with E-state index in [4.69, 9.17) is 9.47 Å². The largest absolute Gasteiger partial charge is 0.496 e. The summed E-state index contributed by atoms with van der Waals surface area (Å²) in [7, 11) is 1.77. The summed E-state index contributed by atoms with van der Waals surface area (Å²) in [5, 5.41) is 3.40. The van der Waals surface area contributed by atoms with Gasteiger partial charge in [-0.25, -0.2) is 0 Å². The molecule has 0 bridgehead atoms. The Kier molecular flexibility index (Phi) is 23.0. The van der Waals surface area contributed by atoms with Crippen LogP contribution in [0.1, 0.15) is 135 Å². The van der Waals surface area contributed by atoms with Crippen LogP contribution < -0.4 is 4.74 Å². The molecule has 3 saturated heterocycles. The zero-order chi connectivity index (χ0) is 59.5. The molecular formula is C73H92N6O6. The van der Waals surface area contributed by atoms with E-state index in [9.17, 15) is 19.2 Å². The maximum Gasteiger partial charge on any atom is 0.309 e. The van der Waals surface area contributed by atoms with E-state index in [1.807, 2.05) is 49.6 Å². The van der Waals surface area contributed by atoms with Crippen LogP contribution in [-0.4, -0.2) is 124 Å². The lowest BCUT2D eigenvalue weighted by Crippen LogP contribution is -2.38. The average molecular weight is 1150 g/mol. The van der Waals surface area contributed by atoms with E-state index in [2.05, 4.69) is 132 Å². The molecule has 0 aliphatic carbocycles. The summed E-state index contributed by atoms with van der Waals surface area (Å²) in [5.74, 6) is 2.98. The second kappa shape index (κ2) is 31.3. The molecule has 0 radical (unpaired) electrons. The van der Waals surface area contributed by atoms with Crippen molar-refractivity contribution < 1.29 is 28.7 Å². The van der Waals surface area contributed by atoms with E-state index in [0.717, 1.165) is 130 Å². The van der Waals surface area contributed by atoms with Crippen molar-refractivity contribution in [1.29, 1.82) is 0 Å². The van der Waals surface area contributed by atoms with E-state index in [1.54, 1.807) is 27.9 Å². The van der Waals surface area contributed by atoms with Crippen LogP contribution in [0, 0.1) is 11.8 Å². The number of carbonyl (C=O) groups excluding carboxylic acids is 4. The number of para-hydroxylation sites is 4. The van der Waals surface area contributed by atoms with Crippen LogP contribution in [0.5, 0.6) is 5.75 Å². The first-order chi connectivity index (χ1) is 41.5. The lowest BCUT2D eigenvalue weighted by molar-refractivity contribution is -0.149. The zero-order valence-electron chi connectivity index (χ0n) is 51.4. The number of unbranched alkanes of at least 4 members (excludes halogenated alkanes) is 1. The van der Waals surface area contributed by atoms with Crippen LogP contribution >= 0.6 is 0 Å². The number of methoxy groups -OCH3 is 1. The molecule has 8 aromatic rings. The maximum absolute atomic E-state index is 11.9. The van der Waals surface area contributed by atoms with Crippen LogP contribution in [0.4, 0.5) is 0 Å². The molecule has 0 saturated carbocycles. The Labute approximate surface area is 505 Å². The standard InChI is InChI=1S/C27H34N2O2.C26H32N2O.C20H26N2O3/c1-21(30)12-13-23-20-29(26-10-5-3-8-24(23)26)17-7-16-28-18-14-22(15-19-28)25-9-4-6-11-27(25)31-2;1-21(29)25-20-28(26-12-6-5-11-24(25)26)16-8-7-15-27-17-13-23(14-18-27)19-22-9-3-2-4-10-22;1-3-25-20(24)16-8-10-21(11-9-16)12-13-22-14-18(15(2)23)17-6-4-5-7-19(17)22/h3-6,8-11,20,22H,7,12-19H2,1-2H3;2-6,9-12,20,23H,7-8,13-19H2,1H3;4-7,14,16H,3,8-13H2,1-2H3. The van der Waals surface area contributed by atoms with Gasteiger partial charge in [0.1, 0.15) is 11.5 Å². The first-order valence-electron chi connectivity index (χ1n) is 31.7. The lowest BCUT2D eigenvalue weighted by Gasteiger charge is -2.32. The summed E-state index contributed by atoms with van der Waals surface area (Å²) in [6.07, 6.45) is 19.2. The number of benzene rings is 5.